The zero-order valence-corrected chi connectivity index (χ0v) is 15.8. The number of nitrogens with one attached hydrogen (secondary N) is 2. The molecule has 25 heavy (non-hydrogen) atoms. The molecule has 0 fully saturated rings. The van der Waals surface area contributed by atoms with Crippen LogP contribution < -0.4 is 10.6 Å². The van der Waals surface area contributed by atoms with Gasteiger partial charge < -0.3 is 10.6 Å². The van der Waals surface area contributed by atoms with Crippen LogP contribution in [0.15, 0.2) is 48.7 Å². The number of hydrogen-bond acceptors (Lipinski definition) is 4. The highest BCUT2D eigenvalue weighted by Gasteiger charge is 2.11. The number of benzene rings is 2. The molecule has 0 radical (unpaired) electrons. The Morgan fingerprint density at radius 1 is 1.04 bits per heavy atom. The largest absolute Gasteiger partial charge is 0.380 e. The molecule has 3 aromatic rings. The van der Waals surface area contributed by atoms with Crippen molar-refractivity contribution in [2.45, 2.75) is 6.54 Å². The number of carbonyl (C=O) groups excluding carboxylic acids is 1. The van der Waals surface area contributed by atoms with Gasteiger partial charge in [0.2, 0.25) is 0 Å². The van der Waals surface area contributed by atoms with Crippen LogP contribution in [-0.2, 0) is 6.54 Å². The zero-order chi connectivity index (χ0) is 17.8. The minimum Gasteiger partial charge on any atom is -0.380 e. The van der Waals surface area contributed by atoms with E-state index in [1.54, 1.807) is 18.3 Å². The summed E-state index contributed by atoms with van der Waals surface area (Å²) in [7, 11) is 0. The molecule has 1 heterocycles. The van der Waals surface area contributed by atoms with Gasteiger partial charge in [-0.2, -0.15) is 0 Å². The van der Waals surface area contributed by atoms with Crippen LogP contribution in [0.25, 0.3) is 0 Å². The molecular formula is C17H12Cl3N3OS. The predicted molar refractivity (Wildman–Crippen MR) is 105 cm³/mol. The smallest absolute Gasteiger partial charge is 0.257 e. The summed E-state index contributed by atoms with van der Waals surface area (Å²) >= 11 is 19.1. The monoisotopic (exact) mass is 411 g/mol. The van der Waals surface area contributed by atoms with Crippen LogP contribution in [-0.4, -0.2) is 10.9 Å². The highest BCUT2D eigenvalue weighted by molar-refractivity contribution is 7.15. The second-order valence-electron chi connectivity index (χ2n) is 5.09. The lowest BCUT2D eigenvalue weighted by atomic mass is 10.2. The first kappa shape index (κ1) is 18.0. The third kappa shape index (κ3) is 4.86. The average molecular weight is 413 g/mol. The Bertz CT molecular complexity index is 896. The molecule has 4 nitrogen and oxygen atoms in total. The van der Waals surface area contributed by atoms with Crippen LogP contribution in [0.4, 0.5) is 11.4 Å². The Labute approximate surface area is 163 Å². The Balaban J connectivity index is 1.61. The molecule has 2 aromatic carbocycles. The van der Waals surface area contributed by atoms with E-state index in [-0.39, 0.29) is 5.91 Å². The Kier molecular flexibility index (Phi) is 5.81. The minimum atomic E-state index is -0.290. The van der Waals surface area contributed by atoms with Crippen LogP contribution in [0.5, 0.6) is 0 Å². The van der Waals surface area contributed by atoms with Crippen molar-refractivity contribution < 1.29 is 4.79 Å². The van der Waals surface area contributed by atoms with Gasteiger partial charge in [0, 0.05) is 27.5 Å². The fourth-order valence-electron chi connectivity index (χ4n) is 2.10. The van der Waals surface area contributed by atoms with Gasteiger partial charge in [-0.15, -0.1) is 11.3 Å². The van der Waals surface area contributed by atoms with E-state index in [1.807, 2.05) is 24.3 Å². The number of anilines is 2. The van der Waals surface area contributed by atoms with Crippen molar-refractivity contribution in [1.82, 2.24) is 4.98 Å². The average Bonchev–Trinajstić information content (AvgIpc) is 2.99. The Morgan fingerprint density at radius 2 is 1.76 bits per heavy atom. The molecule has 0 unspecified atom stereocenters. The molecule has 8 heteroatoms. The summed E-state index contributed by atoms with van der Waals surface area (Å²) in [5.74, 6) is -0.290. The van der Waals surface area contributed by atoms with Crippen LogP contribution in [0.2, 0.25) is 14.5 Å². The van der Waals surface area contributed by atoms with Gasteiger partial charge in [-0.1, -0.05) is 34.8 Å². The van der Waals surface area contributed by atoms with Gasteiger partial charge in [-0.3, -0.25) is 4.79 Å². The van der Waals surface area contributed by atoms with Crippen molar-refractivity contribution in [1.29, 1.82) is 0 Å². The van der Waals surface area contributed by atoms with Crippen molar-refractivity contribution in [2.75, 3.05) is 10.6 Å². The third-order valence-corrected chi connectivity index (χ3v) is 4.97. The van der Waals surface area contributed by atoms with E-state index < -0.39 is 0 Å². The van der Waals surface area contributed by atoms with Crippen molar-refractivity contribution >= 4 is 63.4 Å². The standard InChI is InChI=1S/C17H12Cl3N3OS/c18-10-1-6-14(15(19)7-10)16(24)23-12-4-2-11(3-5-12)21-8-13-9-22-17(20)25-13/h1-7,9,21H,8H2,(H,23,24). The number of carbonyl (C=O) groups is 1. The van der Waals surface area contributed by atoms with Gasteiger partial charge in [0.25, 0.3) is 5.91 Å². The molecule has 0 aliphatic heterocycles. The van der Waals surface area contributed by atoms with Crippen molar-refractivity contribution in [3.05, 3.63) is 73.6 Å². The van der Waals surface area contributed by atoms with Crippen LogP contribution >= 0.6 is 46.1 Å². The van der Waals surface area contributed by atoms with Crippen LogP contribution in [0.1, 0.15) is 15.2 Å². The maximum atomic E-state index is 12.3. The minimum absolute atomic E-state index is 0.290. The van der Waals surface area contributed by atoms with Gasteiger partial charge in [0.15, 0.2) is 4.47 Å². The molecule has 1 aromatic heterocycles. The topological polar surface area (TPSA) is 54.0 Å². The lowest BCUT2D eigenvalue weighted by molar-refractivity contribution is 0.102. The molecule has 0 saturated carbocycles. The van der Waals surface area contributed by atoms with Gasteiger partial charge in [-0.25, -0.2) is 4.98 Å². The summed E-state index contributed by atoms with van der Waals surface area (Å²) in [6, 6.07) is 12.1. The first-order valence-electron chi connectivity index (χ1n) is 7.22. The van der Waals surface area contributed by atoms with Crippen LogP contribution in [0, 0.1) is 0 Å². The van der Waals surface area contributed by atoms with E-state index in [0.717, 1.165) is 10.6 Å². The molecule has 0 spiro atoms. The second kappa shape index (κ2) is 8.06. The quantitative estimate of drug-likeness (QED) is 0.543. The number of hydrogen-bond donors (Lipinski definition) is 2. The summed E-state index contributed by atoms with van der Waals surface area (Å²) in [5, 5.41) is 6.87. The van der Waals surface area contributed by atoms with E-state index in [9.17, 15) is 4.79 Å². The summed E-state index contributed by atoms with van der Waals surface area (Å²) in [6.45, 7) is 0.635. The lowest BCUT2D eigenvalue weighted by Gasteiger charge is -2.09. The summed E-state index contributed by atoms with van der Waals surface area (Å²) in [5.41, 5.74) is 1.96. The SMILES string of the molecule is O=C(Nc1ccc(NCc2cnc(Cl)s2)cc1)c1ccc(Cl)cc1Cl. The molecule has 1 amide bonds. The first-order chi connectivity index (χ1) is 12.0. The maximum absolute atomic E-state index is 12.3. The number of rotatable bonds is 5. The third-order valence-electron chi connectivity index (χ3n) is 3.31. The predicted octanol–water partition coefficient (Wildman–Crippen LogP) is 5.97. The number of halogens is 3. The molecule has 128 valence electrons. The van der Waals surface area contributed by atoms with E-state index in [4.69, 9.17) is 34.8 Å². The Hall–Kier alpha value is -1.79. The second-order valence-corrected chi connectivity index (χ2v) is 7.63. The highest BCUT2D eigenvalue weighted by atomic mass is 35.5. The fourth-order valence-corrected chi connectivity index (χ4v) is 3.51. The van der Waals surface area contributed by atoms with Crippen LogP contribution in [0.3, 0.4) is 0 Å². The molecule has 0 aliphatic rings. The lowest BCUT2D eigenvalue weighted by Crippen LogP contribution is -2.12. The molecule has 2 N–H and O–H groups in total. The Morgan fingerprint density at radius 3 is 2.40 bits per heavy atom. The van der Waals surface area contributed by atoms with Gasteiger partial charge in [-0.05, 0) is 42.5 Å². The number of nitrogens with zero attached hydrogens (tertiary/aromatic N) is 1. The summed E-state index contributed by atoms with van der Waals surface area (Å²) < 4.78 is 0.524. The maximum Gasteiger partial charge on any atom is 0.257 e. The van der Waals surface area contributed by atoms with E-state index in [2.05, 4.69) is 15.6 Å². The van der Waals surface area contributed by atoms with E-state index in [1.165, 1.54) is 17.4 Å². The summed E-state index contributed by atoms with van der Waals surface area (Å²) in [4.78, 5) is 17.3. The van der Waals surface area contributed by atoms with Gasteiger partial charge >= 0.3 is 0 Å². The van der Waals surface area contributed by atoms with Gasteiger partial charge in [0.05, 0.1) is 17.1 Å². The molecule has 0 aliphatic carbocycles. The molecule has 3 rings (SSSR count). The number of thiazole rings is 1. The number of aromatic nitrogens is 1. The van der Waals surface area contributed by atoms with Gasteiger partial charge in [0.1, 0.15) is 0 Å². The molecule has 0 atom stereocenters. The van der Waals surface area contributed by atoms with Crippen molar-refractivity contribution in [3.8, 4) is 0 Å². The molecule has 0 bridgehead atoms. The van der Waals surface area contributed by atoms with Crippen molar-refractivity contribution in [2.24, 2.45) is 0 Å². The summed E-state index contributed by atoms with van der Waals surface area (Å²) in [6.07, 6.45) is 1.74. The number of amides is 1. The van der Waals surface area contributed by atoms with E-state index >= 15 is 0 Å². The molecule has 0 saturated heterocycles. The van der Waals surface area contributed by atoms with E-state index in [0.29, 0.717) is 32.3 Å². The fraction of sp³-hybridized carbons (Fsp3) is 0.0588. The molecular weight excluding hydrogens is 401 g/mol. The normalized spacial score (nSPS) is 10.5. The first-order valence-corrected chi connectivity index (χ1v) is 9.17. The highest BCUT2D eigenvalue weighted by Crippen LogP contribution is 2.23. The zero-order valence-electron chi connectivity index (χ0n) is 12.7. The van der Waals surface area contributed by atoms with Crippen molar-refractivity contribution in [3.63, 3.8) is 0 Å².